The summed E-state index contributed by atoms with van der Waals surface area (Å²) in [4.78, 5) is 0. The molecule has 1 heteroatoms. The van der Waals surface area contributed by atoms with E-state index in [-0.39, 0.29) is 0 Å². The van der Waals surface area contributed by atoms with Crippen molar-refractivity contribution >= 4 is 0 Å². The van der Waals surface area contributed by atoms with E-state index in [0.717, 1.165) is 18.4 Å². The molecule has 0 aliphatic heterocycles. The molecule has 0 heterocycles. The molecular formula is C20H31N. The molecular weight excluding hydrogens is 254 g/mol. The summed E-state index contributed by atoms with van der Waals surface area (Å²) < 4.78 is 0. The van der Waals surface area contributed by atoms with Crippen molar-refractivity contribution in [3.8, 4) is 0 Å². The minimum absolute atomic E-state index is 0.579. The average molecular weight is 285 g/mol. The Morgan fingerprint density at radius 1 is 1.10 bits per heavy atom. The smallest absolute Gasteiger partial charge is 0.0348 e. The first-order valence-electron chi connectivity index (χ1n) is 9.16. The largest absolute Gasteiger partial charge is 0.310 e. The fourth-order valence-electron chi connectivity index (χ4n) is 4.57. The van der Waals surface area contributed by atoms with Crippen LogP contribution in [-0.2, 0) is 12.8 Å². The van der Waals surface area contributed by atoms with E-state index in [0.29, 0.717) is 6.04 Å². The van der Waals surface area contributed by atoms with Crippen LogP contribution in [0, 0.1) is 11.8 Å². The molecule has 1 aromatic carbocycles. The maximum Gasteiger partial charge on any atom is 0.0348 e. The minimum Gasteiger partial charge on any atom is -0.310 e. The van der Waals surface area contributed by atoms with Gasteiger partial charge in [-0.15, -0.1) is 0 Å². The van der Waals surface area contributed by atoms with Crippen molar-refractivity contribution in [3.05, 3.63) is 34.9 Å². The van der Waals surface area contributed by atoms with Gasteiger partial charge in [-0.25, -0.2) is 0 Å². The van der Waals surface area contributed by atoms with Gasteiger partial charge in [-0.3, -0.25) is 0 Å². The molecule has 116 valence electrons. The highest BCUT2D eigenvalue weighted by Crippen LogP contribution is 2.39. The lowest BCUT2D eigenvalue weighted by Crippen LogP contribution is -2.31. The van der Waals surface area contributed by atoms with Gasteiger partial charge in [-0.05, 0) is 67.2 Å². The van der Waals surface area contributed by atoms with Gasteiger partial charge in [0.15, 0.2) is 0 Å². The van der Waals surface area contributed by atoms with Crippen molar-refractivity contribution in [2.24, 2.45) is 11.8 Å². The molecule has 3 rings (SSSR count). The first-order valence-corrected chi connectivity index (χ1v) is 9.16. The molecule has 2 aliphatic carbocycles. The third-order valence-electron chi connectivity index (χ3n) is 5.78. The number of benzene rings is 1. The standard InChI is InChI=1S/C20H31N/c1-3-15-7-5-10-18(13-15)20(21-4-2)19-12-11-16-8-6-9-17(16)14-19/h11-12,14-15,18,20-21H,3-10,13H2,1-2H3. The van der Waals surface area contributed by atoms with Gasteiger partial charge in [-0.2, -0.15) is 0 Å². The van der Waals surface area contributed by atoms with Gasteiger partial charge in [0.05, 0.1) is 0 Å². The van der Waals surface area contributed by atoms with Gasteiger partial charge in [0.2, 0.25) is 0 Å². The van der Waals surface area contributed by atoms with Gasteiger partial charge < -0.3 is 5.32 Å². The van der Waals surface area contributed by atoms with E-state index in [2.05, 4.69) is 37.4 Å². The molecule has 0 aromatic heterocycles. The van der Waals surface area contributed by atoms with E-state index in [1.807, 2.05) is 0 Å². The summed E-state index contributed by atoms with van der Waals surface area (Å²) in [5.74, 6) is 1.79. The summed E-state index contributed by atoms with van der Waals surface area (Å²) in [6.07, 6.45) is 11.0. The zero-order chi connectivity index (χ0) is 14.7. The van der Waals surface area contributed by atoms with E-state index >= 15 is 0 Å². The summed E-state index contributed by atoms with van der Waals surface area (Å²) in [5.41, 5.74) is 4.78. The number of hydrogen-bond acceptors (Lipinski definition) is 1. The molecule has 1 fully saturated rings. The Hall–Kier alpha value is -0.820. The predicted octanol–water partition coefficient (Wildman–Crippen LogP) is 5.04. The summed E-state index contributed by atoms with van der Waals surface area (Å²) >= 11 is 0. The average Bonchev–Trinajstić information content (AvgIpc) is 3.00. The second-order valence-electron chi connectivity index (χ2n) is 7.12. The monoisotopic (exact) mass is 285 g/mol. The Labute approximate surface area is 130 Å². The fraction of sp³-hybridized carbons (Fsp3) is 0.700. The summed E-state index contributed by atoms with van der Waals surface area (Å²) in [6.45, 7) is 5.69. The molecule has 21 heavy (non-hydrogen) atoms. The summed E-state index contributed by atoms with van der Waals surface area (Å²) in [7, 11) is 0. The van der Waals surface area contributed by atoms with Crippen molar-refractivity contribution in [3.63, 3.8) is 0 Å². The summed E-state index contributed by atoms with van der Waals surface area (Å²) in [6, 6.07) is 7.91. The second kappa shape index (κ2) is 6.96. The normalized spacial score (nSPS) is 26.6. The first kappa shape index (κ1) is 15.1. The van der Waals surface area contributed by atoms with Crippen LogP contribution in [0.4, 0.5) is 0 Å². The number of hydrogen-bond donors (Lipinski definition) is 1. The maximum atomic E-state index is 3.80. The molecule has 1 aromatic rings. The highest BCUT2D eigenvalue weighted by molar-refractivity contribution is 5.36. The maximum absolute atomic E-state index is 3.80. The molecule has 0 radical (unpaired) electrons. The van der Waals surface area contributed by atoms with Crippen LogP contribution in [0.3, 0.4) is 0 Å². The Morgan fingerprint density at radius 2 is 1.95 bits per heavy atom. The predicted molar refractivity (Wildman–Crippen MR) is 90.6 cm³/mol. The lowest BCUT2D eigenvalue weighted by Gasteiger charge is -2.35. The van der Waals surface area contributed by atoms with E-state index in [9.17, 15) is 0 Å². The number of nitrogens with one attached hydrogen (secondary N) is 1. The van der Waals surface area contributed by atoms with Crippen molar-refractivity contribution in [2.45, 2.75) is 71.3 Å². The van der Waals surface area contributed by atoms with Gasteiger partial charge in [0.1, 0.15) is 0 Å². The Balaban J connectivity index is 1.80. The van der Waals surface area contributed by atoms with Crippen molar-refractivity contribution in [2.75, 3.05) is 6.54 Å². The highest BCUT2D eigenvalue weighted by Gasteiger charge is 2.28. The van der Waals surface area contributed by atoms with Gasteiger partial charge in [0.25, 0.3) is 0 Å². The molecule has 3 atom stereocenters. The number of fused-ring (bicyclic) bond motifs is 1. The number of rotatable bonds is 5. The molecule has 0 spiro atoms. The SMILES string of the molecule is CCNC(c1ccc2c(c1)CCC2)C1CCCC(CC)C1. The zero-order valence-electron chi connectivity index (χ0n) is 13.8. The second-order valence-corrected chi connectivity index (χ2v) is 7.12. The Kier molecular flexibility index (Phi) is 5.00. The topological polar surface area (TPSA) is 12.0 Å². The third kappa shape index (κ3) is 3.34. The van der Waals surface area contributed by atoms with Crippen LogP contribution < -0.4 is 5.32 Å². The van der Waals surface area contributed by atoms with Crippen LogP contribution in [0.2, 0.25) is 0 Å². The minimum atomic E-state index is 0.579. The molecule has 1 saturated carbocycles. The van der Waals surface area contributed by atoms with Gasteiger partial charge in [0, 0.05) is 6.04 Å². The molecule has 0 saturated heterocycles. The van der Waals surface area contributed by atoms with E-state index in [1.54, 1.807) is 16.7 Å². The third-order valence-corrected chi connectivity index (χ3v) is 5.78. The van der Waals surface area contributed by atoms with Crippen molar-refractivity contribution in [1.29, 1.82) is 0 Å². The van der Waals surface area contributed by atoms with E-state index < -0.39 is 0 Å². The molecule has 3 unspecified atom stereocenters. The molecule has 0 amide bonds. The molecule has 0 bridgehead atoms. The van der Waals surface area contributed by atoms with Crippen LogP contribution in [0.25, 0.3) is 0 Å². The van der Waals surface area contributed by atoms with Crippen molar-refractivity contribution < 1.29 is 0 Å². The Morgan fingerprint density at radius 3 is 2.76 bits per heavy atom. The summed E-state index contributed by atoms with van der Waals surface area (Å²) in [5, 5.41) is 3.80. The van der Waals surface area contributed by atoms with Crippen LogP contribution in [0.15, 0.2) is 18.2 Å². The number of aryl methyl sites for hydroxylation is 2. The first-order chi connectivity index (χ1) is 10.3. The molecule has 2 aliphatic rings. The highest BCUT2D eigenvalue weighted by atomic mass is 14.9. The van der Waals surface area contributed by atoms with Crippen LogP contribution in [0.5, 0.6) is 0 Å². The van der Waals surface area contributed by atoms with Crippen molar-refractivity contribution in [1.82, 2.24) is 5.32 Å². The fourth-order valence-corrected chi connectivity index (χ4v) is 4.57. The molecule has 1 nitrogen and oxygen atoms in total. The van der Waals surface area contributed by atoms with E-state index in [4.69, 9.17) is 0 Å². The lowest BCUT2D eigenvalue weighted by atomic mass is 9.75. The Bertz CT molecular complexity index is 465. The van der Waals surface area contributed by atoms with E-state index in [1.165, 1.54) is 51.4 Å². The van der Waals surface area contributed by atoms with Crippen LogP contribution in [-0.4, -0.2) is 6.54 Å². The molecule has 1 N–H and O–H groups in total. The lowest BCUT2D eigenvalue weighted by molar-refractivity contribution is 0.210. The van der Waals surface area contributed by atoms with Gasteiger partial charge in [-0.1, -0.05) is 51.3 Å². The zero-order valence-corrected chi connectivity index (χ0v) is 13.8. The van der Waals surface area contributed by atoms with Crippen LogP contribution >= 0.6 is 0 Å². The van der Waals surface area contributed by atoms with Gasteiger partial charge >= 0.3 is 0 Å². The van der Waals surface area contributed by atoms with Crippen LogP contribution in [0.1, 0.15) is 75.1 Å². The quantitative estimate of drug-likeness (QED) is 0.799.